The van der Waals surface area contributed by atoms with Crippen molar-refractivity contribution in [2.45, 2.75) is 32.9 Å². The van der Waals surface area contributed by atoms with Crippen molar-refractivity contribution in [3.05, 3.63) is 23.7 Å². The lowest BCUT2D eigenvalue weighted by atomic mass is 9.99. The molecule has 0 aromatic carbocycles. The van der Waals surface area contributed by atoms with Crippen molar-refractivity contribution in [1.29, 1.82) is 0 Å². The quantitative estimate of drug-likeness (QED) is 0.785. The van der Waals surface area contributed by atoms with Crippen molar-refractivity contribution in [3.8, 4) is 0 Å². The van der Waals surface area contributed by atoms with Gasteiger partial charge in [0.25, 0.3) is 5.91 Å². The molecule has 19 heavy (non-hydrogen) atoms. The van der Waals surface area contributed by atoms with E-state index in [2.05, 4.69) is 5.32 Å². The van der Waals surface area contributed by atoms with Crippen LogP contribution in [0, 0.1) is 5.92 Å². The van der Waals surface area contributed by atoms with Gasteiger partial charge in [-0.25, -0.2) is 4.79 Å². The van der Waals surface area contributed by atoms with Gasteiger partial charge in [0.15, 0.2) is 5.76 Å². The van der Waals surface area contributed by atoms with E-state index >= 15 is 0 Å². The third-order valence-electron chi connectivity index (χ3n) is 2.94. The summed E-state index contributed by atoms with van der Waals surface area (Å²) in [6, 6.07) is 2.20. The molecule has 0 spiro atoms. The Morgan fingerprint density at radius 1 is 1.47 bits per heavy atom. The number of nitrogens with one attached hydrogen (secondary N) is 1. The van der Waals surface area contributed by atoms with E-state index < -0.39 is 17.9 Å². The second-order valence-corrected chi connectivity index (χ2v) is 4.37. The molecular formula is C13H19NO5. The topological polar surface area (TPSA) is 88.8 Å². The van der Waals surface area contributed by atoms with Crippen LogP contribution in [-0.2, 0) is 16.1 Å². The first-order valence-electron chi connectivity index (χ1n) is 6.10. The standard InChI is InChI=1S/C13H19NO5/c1-4-8(2)11(13(16)17)14-12(15)10-6-5-9(19-10)7-18-3/h5-6,8,11H,4,7H2,1-3H3,(H,14,15)(H,16,17)/t8-,11-/m0/s1. The summed E-state index contributed by atoms with van der Waals surface area (Å²) < 4.78 is 10.1. The number of carboxylic acids is 1. The SMILES string of the molecule is CC[C@H](C)[C@H](NC(=O)c1ccc(COC)o1)C(=O)O. The lowest BCUT2D eigenvalue weighted by Gasteiger charge is -2.19. The predicted molar refractivity (Wildman–Crippen MR) is 67.8 cm³/mol. The molecule has 2 atom stereocenters. The number of ether oxygens (including phenoxy) is 1. The maximum absolute atomic E-state index is 11.9. The molecule has 6 heteroatoms. The second kappa shape index (κ2) is 6.94. The summed E-state index contributed by atoms with van der Waals surface area (Å²) in [4.78, 5) is 23.0. The molecule has 1 amide bonds. The highest BCUT2D eigenvalue weighted by molar-refractivity contribution is 5.94. The van der Waals surface area contributed by atoms with Crippen LogP contribution in [0.4, 0.5) is 0 Å². The Morgan fingerprint density at radius 3 is 2.68 bits per heavy atom. The Balaban J connectivity index is 2.73. The van der Waals surface area contributed by atoms with Gasteiger partial charge in [-0.15, -0.1) is 0 Å². The fourth-order valence-corrected chi connectivity index (χ4v) is 1.62. The molecule has 0 unspecified atom stereocenters. The highest BCUT2D eigenvalue weighted by Gasteiger charge is 2.26. The summed E-state index contributed by atoms with van der Waals surface area (Å²) in [7, 11) is 1.52. The number of amides is 1. The first kappa shape index (κ1) is 15.2. The lowest BCUT2D eigenvalue weighted by molar-refractivity contribution is -0.140. The normalized spacial score (nSPS) is 13.8. The Labute approximate surface area is 111 Å². The van der Waals surface area contributed by atoms with E-state index in [4.69, 9.17) is 14.3 Å². The summed E-state index contributed by atoms with van der Waals surface area (Å²) in [5.74, 6) is -1.14. The molecule has 1 aromatic heterocycles. The molecule has 0 bridgehead atoms. The van der Waals surface area contributed by atoms with E-state index in [9.17, 15) is 9.59 Å². The number of carbonyl (C=O) groups excluding carboxylic acids is 1. The predicted octanol–water partition coefficient (Wildman–Crippen LogP) is 1.66. The second-order valence-electron chi connectivity index (χ2n) is 4.37. The molecule has 1 rings (SSSR count). The van der Waals surface area contributed by atoms with Gasteiger partial charge in [-0.3, -0.25) is 4.79 Å². The Hall–Kier alpha value is -1.82. The van der Waals surface area contributed by atoms with Gasteiger partial charge in [-0.2, -0.15) is 0 Å². The minimum Gasteiger partial charge on any atom is -0.480 e. The van der Waals surface area contributed by atoms with Gasteiger partial charge in [-0.1, -0.05) is 20.3 Å². The third kappa shape index (κ3) is 4.10. The van der Waals surface area contributed by atoms with Crippen molar-refractivity contribution in [2.75, 3.05) is 7.11 Å². The van der Waals surface area contributed by atoms with Crippen molar-refractivity contribution in [1.82, 2.24) is 5.32 Å². The summed E-state index contributed by atoms with van der Waals surface area (Å²) in [6.07, 6.45) is 0.657. The zero-order valence-electron chi connectivity index (χ0n) is 11.3. The van der Waals surface area contributed by atoms with Gasteiger partial charge < -0.3 is 19.6 Å². The van der Waals surface area contributed by atoms with Crippen LogP contribution in [0.15, 0.2) is 16.5 Å². The van der Waals surface area contributed by atoms with Crippen LogP contribution < -0.4 is 5.32 Å². The van der Waals surface area contributed by atoms with Crippen molar-refractivity contribution < 1.29 is 23.8 Å². The largest absolute Gasteiger partial charge is 0.480 e. The number of hydrogen-bond donors (Lipinski definition) is 2. The molecule has 0 aliphatic heterocycles. The van der Waals surface area contributed by atoms with Crippen LogP contribution in [0.2, 0.25) is 0 Å². The molecule has 0 saturated heterocycles. The molecule has 0 fully saturated rings. The van der Waals surface area contributed by atoms with Crippen LogP contribution in [0.3, 0.4) is 0 Å². The average molecular weight is 269 g/mol. The zero-order valence-corrected chi connectivity index (χ0v) is 11.3. The molecular weight excluding hydrogens is 250 g/mol. The molecule has 2 N–H and O–H groups in total. The van der Waals surface area contributed by atoms with Crippen molar-refractivity contribution in [3.63, 3.8) is 0 Å². The first-order chi connectivity index (χ1) is 8.99. The Kier molecular flexibility index (Phi) is 5.57. The van der Waals surface area contributed by atoms with E-state index in [1.807, 2.05) is 6.92 Å². The smallest absolute Gasteiger partial charge is 0.326 e. The maximum atomic E-state index is 11.9. The van der Waals surface area contributed by atoms with Crippen LogP contribution in [0.25, 0.3) is 0 Å². The fraction of sp³-hybridized carbons (Fsp3) is 0.538. The van der Waals surface area contributed by atoms with Crippen LogP contribution >= 0.6 is 0 Å². The van der Waals surface area contributed by atoms with Gasteiger partial charge in [0.05, 0.1) is 0 Å². The van der Waals surface area contributed by atoms with E-state index in [1.54, 1.807) is 13.0 Å². The minimum absolute atomic E-state index is 0.0848. The van der Waals surface area contributed by atoms with Gasteiger partial charge in [0.2, 0.25) is 0 Å². The summed E-state index contributed by atoms with van der Waals surface area (Å²) in [6.45, 7) is 3.91. The van der Waals surface area contributed by atoms with Crippen molar-refractivity contribution >= 4 is 11.9 Å². The number of carboxylic acid groups (broad SMARTS) is 1. The molecule has 106 valence electrons. The molecule has 0 aliphatic rings. The third-order valence-corrected chi connectivity index (χ3v) is 2.94. The number of furan rings is 1. The Morgan fingerprint density at radius 2 is 2.16 bits per heavy atom. The minimum atomic E-state index is -1.05. The number of aliphatic carboxylic acids is 1. The first-order valence-corrected chi connectivity index (χ1v) is 6.10. The lowest BCUT2D eigenvalue weighted by Crippen LogP contribution is -2.44. The van der Waals surface area contributed by atoms with Crippen LogP contribution in [0.5, 0.6) is 0 Å². The summed E-state index contributed by atoms with van der Waals surface area (Å²) in [5.41, 5.74) is 0. The average Bonchev–Trinajstić information content (AvgIpc) is 2.83. The van der Waals surface area contributed by atoms with E-state index in [0.29, 0.717) is 12.2 Å². The zero-order chi connectivity index (χ0) is 14.4. The highest BCUT2D eigenvalue weighted by Crippen LogP contribution is 2.12. The van der Waals surface area contributed by atoms with Gasteiger partial charge in [-0.05, 0) is 18.1 Å². The maximum Gasteiger partial charge on any atom is 0.326 e. The van der Waals surface area contributed by atoms with E-state index in [1.165, 1.54) is 13.2 Å². The number of methoxy groups -OCH3 is 1. The van der Waals surface area contributed by atoms with Crippen LogP contribution in [-0.4, -0.2) is 30.1 Å². The molecule has 0 saturated carbocycles. The van der Waals surface area contributed by atoms with E-state index in [-0.39, 0.29) is 18.3 Å². The molecule has 0 radical (unpaired) electrons. The number of hydrogen-bond acceptors (Lipinski definition) is 4. The molecule has 1 aromatic rings. The fourth-order valence-electron chi connectivity index (χ4n) is 1.62. The Bertz CT molecular complexity index is 440. The summed E-state index contributed by atoms with van der Waals surface area (Å²) in [5, 5.41) is 11.6. The monoisotopic (exact) mass is 269 g/mol. The summed E-state index contributed by atoms with van der Waals surface area (Å²) >= 11 is 0. The molecule has 0 aliphatic carbocycles. The van der Waals surface area contributed by atoms with Gasteiger partial charge in [0, 0.05) is 7.11 Å². The highest BCUT2D eigenvalue weighted by atomic mass is 16.5. The van der Waals surface area contributed by atoms with Crippen molar-refractivity contribution in [2.24, 2.45) is 5.92 Å². The number of rotatable bonds is 7. The molecule has 6 nitrogen and oxygen atoms in total. The van der Waals surface area contributed by atoms with Gasteiger partial charge in [0.1, 0.15) is 18.4 Å². The van der Waals surface area contributed by atoms with Gasteiger partial charge >= 0.3 is 5.97 Å². The number of carbonyl (C=O) groups is 2. The molecule has 1 heterocycles. The van der Waals surface area contributed by atoms with Crippen LogP contribution in [0.1, 0.15) is 36.6 Å². The van der Waals surface area contributed by atoms with E-state index in [0.717, 1.165) is 0 Å².